The van der Waals surface area contributed by atoms with Gasteiger partial charge >= 0.3 is 0 Å². The minimum Gasteiger partial charge on any atom is -0.437 e. The van der Waals surface area contributed by atoms with Gasteiger partial charge in [-0.3, -0.25) is 4.98 Å². The number of aromatic nitrogens is 2. The first-order valence-corrected chi connectivity index (χ1v) is 5.09. The first kappa shape index (κ1) is 11.3. The van der Waals surface area contributed by atoms with E-state index in [4.69, 9.17) is 10.5 Å². The second-order valence-corrected chi connectivity index (χ2v) is 3.69. The summed E-state index contributed by atoms with van der Waals surface area (Å²) in [5, 5.41) is 0. The predicted octanol–water partition coefficient (Wildman–Crippen LogP) is 2.61. The Labute approximate surface area is 98.3 Å². The van der Waals surface area contributed by atoms with Crippen molar-refractivity contribution in [2.24, 2.45) is 0 Å². The maximum atomic E-state index is 13.2. The Morgan fingerprint density at radius 2 is 2.06 bits per heavy atom. The van der Waals surface area contributed by atoms with E-state index >= 15 is 0 Å². The minimum absolute atomic E-state index is 0.0874. The Kier molecular flexibility index (Phi) is 2.91. The summed E-state index contributed by atoms with van der Waals surface area (Å²) in [6.45, 7) is 3.58. The fourth-order valence-electron chi connectivity index (χ4n) is 1.30. The van der Waals surface area contributed by atoms with Gasteiger partial charge in [0.25, 0.3) is 0 Å². The standard InChI is InChI=1S/C12H12FN3O/c1-7-6-15-8(2)12(16-7)17-9-3-4-11(14)10(13)5-9/h3-6H,14H2,1-2H3. The molecule has 0 spiro atoms. The van der Waals surface area contributed by atoms with Gasteiger partial charge in [-0.25, -0.2) is 9.37 Å². The molecule has 0 fully saturated rings. The molecule has 2 aromatic rings. The molecule has 0 saturated heterocycles. The van der Waals surface area contributed by atoms with Crippen LogP contribution in [0.5, 0.6) is 11.6 Å². The second kappa shape index (κ2) is 4.37. The maximum Gasteiger partial charge on any atom is 0.241 e. The third kappa shape index (κ3) is 2.50. The van der Waals surface area contributed by atoms with Gasteiger partial charge in [0.15, 0.2) is 0 Å². The van der Waals surface area contributed by atoms with E-state index in [1.54, 1.807) is 19.2 Å². The zero-order valence-corrected chi connectivity index (χ0v) is 9.57. The summed E-state index contributed by atoms with van der Waals surface area (Å²) in [5.74, 6) is 0.203. The molecule has 0 saturated carbocycles. The Bertz CT molecular complexity index is 557. The highest BCUT2D eigenvalue weighted by Gasteiger charge is 2.06. The highest BCUT2D eigenvalue weighted by Crippen LogP contribution is 2.24. The predicted molar refractivity (Wildman–Crippen MR) is 62.4 cm³/mol. The van der Waals surface area contributed by atoms with Crippen LogP contribution in [0, 0.1) is 19.7 Å². The van der Waals surface area contributed by atoms with Crippen LogP contribution < -0.4 is 10.5 Å². The number of nitrogens with two attached hydrogens (primary N) is 1. The summed E-state index contributed by atoms with van der Waals surface area (Å²) in [5.41, 5.74) is 6.85. The zero-order chi connectivity index (χ0) is 12.4. The minimum atomic E-state index is -0.513. The van der Waals surface area contributed by atoms with Gasteiger partial charge in [0.1, 0.15) is 11.6 Å². The van der Waals surface area contributed by atoms with E-state index in [1.807, 2.05) is 6.92 Å². The van der Waals surface area contributed by atoms with E-state index in [0.29, 0.717) is 17.3 Å². The first-order valence-electron chi connectivity index (χ1n) is 5.09. The van der Waals surface area contributed by atoms with Crippen molar-refractivity contribution in [3.8, 4) is 11.6 Å². The van der Waals surface area contributed by atoms with Crippen LogP contribution in [0.1, 0.15) is 11.4 Å². The van der Waals surface area contributed by atoms with Crippen LogP contribution >= 0.6 is 0 Å². The fourth-order valence-corrected chi connectivity index (χ4v) is 1.30. The number of hydrogen-bond donors (Lipinski definition) is 1. The van der Waals surface area contributed by atoms with E-state index < -0.39 is 5.82 Å². The normalized spacial score (nSPS) is 10.3. The molecule has 0 unspecified atom stereocenters. The maximum absolute atomic E-state index is 13.2. The fraction of sp³-hybridized carbons (Fsp3) is 0.167. The monoisotopic (exact) mass is 233 g/mol. The highest BCUT2D eigenvalue weighted by molar-refractivity contribution is 5.44. The van der Waals surface area contributed by atoms with Gasteiger partial charge in [-0.2, -0.15) is 0 Å². The van der Waals surface area contributed by atoms with E-state index in [0.717, 1.165) is 5.69 Å². The van der Waals surface area contributed by atoms with Crippen molar-refractivity contribution in [2.75, 3.05) is 5.73 Å². The number of rotatable bonds is 2. The molecule has 2 N–H and O–H groups in total. The average Bonchev–Trinajstić information content (AvgIpc) is 2.29. The van der Waals surface area contributed by atoms with Crippen LogP contribution in [0.15, 0.2) is 24.4 Å². The van der Waals surface area contributed by atoms with Gasteiger partial charge < -0.3 is 10.5 Å². The quantitative estimate of drug-likeness (QED) is 0.810. The smallest absolute Gasteiger partial charge is 0.241 e. The molecule has 1 heterocycles. The van der Waals surface area contributed by atoms with Gasteiger partial charge in [0, 0.05) is 12.3 Å². The number of nitrogens with zero attached hydrogens (tertiary/aromatic N) is 2. The molecule has 4 nitrogen and oxygen atoms in total. The summed E-state index contributed by atoms with van der Waals surface area (Å²) in [6, 6.07) is 4.25. The molecule has 0 bridgehead atoms. The van der Waals surface area contributed by atoms with Gasteiger partial charge in [0.05, 0.1) is 17.1 Å². The van der Waals surface area contributed by atoms with Gasteiger partial charge in [-0.05, 0) is 26.0 Å². The molecular weight excluding hydrogens is 221 g/mol. The van der Waals surface area contributed by atoms with Gasteiger partial charge in [0.2, 0.25) is 5.88 Å². The lowest BCUT2D eigenvalue weighted by atomic mass is 10.3. The van der Waals surface area contributed by atoms with E-state index in [-0.39, 0.29) is 5.69 Å². The molecule has 0 radical (unpaired) electrons. The van der Waals surface area contributed by atoms with Gasteiger partial charge in [-0.15, -0.1) is 0 Å². The molecule has 1 aromatic heterocycles. The number of ether oxygens (including phenoxy) is 1. The Morgan fingerprint density at radius 3 is 2.76 bits per heavy atom. The van der Waals surface area contributed by atoms with Crippen LogP contribution in [-0.2, 0) is 0 Å². The molecule has 1 aromatic carbocycles. The van der Waals surface area contributed by atoms with Crippen molar-refractivity contribution in [1.82, 2.24) is 9.97 Å². The molecular formula is C12H12FN3O. The SMILES string of the molecule is Cc1cnc(C)c(Oc2ccc(N)c(F)c2)n1. The Balaban J connectivity index is 2.31. The highest BCUT2D eigenvalue weighted by atomic mass is 19.1. The van der Waals surface area contributed by atoms with Gasteiger partial charge in [-0.1, -0.05) is 0 Å². The number of aryl methyl sites for hydroxylation is 2. The largest absolute Gasteiger partial charge is 0.437 e. The van der Waals surface area contributed by atoms with E-state index in [1.165, 1.54) is 12.1 Å². The van der Waals surface area contributed by atoms with Crippen molar-refractivity contribution in [3.05, 3.63) is 41.6 Å². The number of hydrogen-bond acceptors (Lipinski definition) is 4. The Hall–Kier alpha value is -2.17. The molecule has 0 atom stereocenters. The van der Waals surface area contributed by atoms with Crippen molar-refractivity contribution in [1.29, 1.82) is 0 Å². The van der Waals surface area contributed by atoms with Crippen molar-refractivity contribution in [2.45, 2.75) is 13.8 Å². The van der Waals surface area contributed by atoms with E-state index in [2.05, 4.69) is 9.97 Å². The van der Waals surface area contributed by atoms with Crippen LogP contribution in [0.3, 0.4) is 0 Å². The number of benzene rings is 1. The Morgan fingerprint density at radius 1 is 1.29 bits per heavy atom. The molecule has 0 aliphatic heterocycles. The van der Waals surface area contributed by atoms with Crippen LogP contribution in [0.25, 0.3) is 0 Å². The molecule has 2 rings (SSSR count). The second-order valence-electron chi connectivity index (χ2n) is 3.69. The van der Waals surface area contributed by atoms with Crippen LogP contribution in [0.4, 0.5) is 10.1 Å². The van der Waals surface area contributed by atoms with Crippen LogP contribution in [-0.4, -0.2) is 9.97 Å². The summed E-state index contributed by atoms with van der Waals surface area (Å²) in [7, 11) is 0. The molecule has 5 heteroatoms. The molecule has 88 valence electrons. The van der Waals surface area contributed by atoms with Crippen molar-refractivity contribution < 1.29 is 9.13 Å². The van der Waals surface area contributed by atoms with Crippen molar-refractivity contribution >= 4 is 5.69 Å². The molecule has 0 aliphatic carbocycles. The molecule has 0 aliphatic rings. The lowest BCUT2D eigenvalue weighted by molar-refractivity contribution is 0.449. The lowest BCUT2D eigenvalue weighted by Gasteiger charge is -2.08. The van der Waals surface area contributed by atoms with Crippen molar-refractivity contribution in [3.63, 3.8) is 0 Å². The molecule has 0 amide bonds. The average molecular weight is 233 g/mol. The number of nitrogen functional groups attached to an aromatic ring is 1. The summed E-state index contributed by atoms with van der Waals surface area (Å²) in [6.07, 6.45) is 1.64. The topological polar surface area (TPSA) is 61.0 Å². The zero-order valence-electron chi connectivity index (χ0n) is 9.57. The third-order valence-corrected chi connectivity index (χ3v) is 2.22. The number of halogens is 1. The summed E-state index contributed by atoms with van der Waals surface area (Å²) >= 11 is 0. The summed E-state index contributed by atoms with van der Waals surface area (Å²) in [4.78, 5) is 8.29. The third-order valence-electron chi connectivity index (χ3n) is 2.22. The number of anilines is 1. The van der Waals surface area contributed by atoms with Crippen LogP contribution in [0.2, 0.25) is 0 Å². The summed E-state index contributed by atoms with van der Waals surface area (Å²) < 4.78 is 18.7. The molecule has 17 heavy (non-hydrogen) atoms. The lowest BCUT2D eigenvalue weighted by Crippen LogP contribution is -1.97. The van der Waals surface area contributed by atoms with E-state index in [9.17, 15) is 4.39 Å². The first-order chi connectivity index (χ1) is 8.06.